The Morgan fingerprint density at radius 1 is 1.25 bits per heavy atom. The van der Waals surface area contributed by atoms with Gasteiger partial charge in [0.1, 0.15) is 0 Å². The molecule has 0 heterocycles. The minimum absolute atomic E-state index is 0.113. The molecule has 0 fully saturated rings. The van der Waals surface area contributed by atoms with Crippen molar-refractivity contribution in [1.29, 1.82) is 0 Å². The van der Waals surface area contributed by atoms with E-state index in [1.165, 1.54) is 0 Å². The second-order valence-electron chi connectivity index (χ2n) is 4.25. The van der Waals surface area contributed by atoms with Crippen LogP contribution in [-0.4, -0.2) is 38.6 Å². The van der Waals surface area contributed by atoms with Crippen LogP contribution in [0.5, 0.6) is 0 Å². The van der Waals surface area contributed by atoms with E-state index < -0.39 is 0 Å². The first-order valence-electron chi connectivity index (χ1n) is 6.50. The minimum Gasteiger partial charge on any atom is -0.383 e. The van der Waals surface area contributed by atoms with Crippen LogP contribution in [0.1, 0.15) is 22.3 Å². The average molecular weight is 279 g/mol. The predicted molar refractivity (Wildman–Crippen MR) is 76.2 cm³/mol. The number of nitrogens with one attached hydrogen (secondary N) is 2. The van der Waals surface area contributed by atoms with Crippen LogP contribution in [0.3, 0.4) is 0 Å². The number of rotatable bonds is 8. The summed E-state index contributed by atoms with van der Waals surface area (Å²) in [6, 6.07) is 7.11. The topological polar surface area (TPSA) is 93.5 Å². The van der Waals surface area contributed by atoms with Crippen molar-refractivity contribution in [2.75, 3.05) is 26.8 Å². The summed E-state index contributed by atoms with van der Waals surface area (Å²) >= 11 is 0. The van der Waals surface area contributed by atoms with Crippen LogP contribution in [0.4, 0.5) is 0 Å². The Bertz CT molecular complexity index is 449. The van der Waals surface area contributed by atoms with Gasteiger partial charge < -0.3 is 21.1 Å². The van der Waals surface area contributed by atoms with Gasteiger partial charge in [-0.3, -0.25) is 9.59 Å². The van der Waals surface area contributed by atoms with E-state index in [0.29, 0.717) is 31.8 Å². The van der Waals surface area contributed by atoms with Crippen molar-refractivity contribution in [2.45, 2.75) is 13.0 Å². The van der Waals surface area contributed by atoms with Crippen LogP contribution in [0.2, 0.25) is 0 Å². The predicted octanol–water partition coefficient (Wildman–Crippen LogP) is 0.0278. The third-order valence-corrected chi connectivity index (χ3v) is 2.69. The standard InChI is InChI=1S/C14H21N3O3/c1-20-8-7-16-13(18)5-6-17-14(19)12-4-2-3-11(9-12)10-15/h2-4,9H,5-8,10,15H2,1H3,(H,16,18)(H,17,19). The molecular weight excluding hydrogens is 258 g/mol. The van der Waals surface area contributed by atoms with Crippen LogP contribution in [0.15, 0.2) is 24.3 Å². The van der Waals surface area contributed by atoms with Crippen LogP contribution in [0.25, 0.3) is 0 Å². The van der Waals surface area contributed by atoms with Crippen molar-refractivity contribution >= 4 is 11.8 Å². The van der Waals surface area contributed by atoms with Crippen LogP contribution < -0.4 is 16.4 Å². The first-order chi connectivity index (χ1) is 9.67. The van der Waals surface area contributed by atoms with Crippen molar-refractivity contribution in [1.82, 2.24) is 10.6 Å². The summed E-state index contributed by atoms with van der Waals surface area (Å²) in [5.41, 5.74) is 6.97. The molecule has 2 amide bonds. The number of carbonyl (C=O) groups is 2. The molecular formula is C14H21N3O3. The first-order valence-corrected chi connectivity index (χ1v) is 6.50. The Kier molecular flexibility index (Phi) is 7.31. The number of hydrogen-bond donors (Lipinski definition) is 3. The summed E-state index contributed by atoms with van der Waals surface area (Å²) in [6.07, 6.45) is 0.242. The average Bonchev–Trinajstić information content (AvgIpc) is 2.47. The Balaban J connectivity index is 2.30. The summed E-state index contributed by atoms with van der Waals surface area (Å²) in [5.74, 6) is -0.317. The Hall–Kier alpha value is -1.92. The molecule has 4 N–H and O–H groups in total. The molecule has 1 aromatic carbocycles. The molecule has 1 rings (SSSR count). The fourth-order valence-electron chi connectivity index (χ4n) is 1.61. The maximum absolute atomic E-state index is 11.9. The number of nitrogens with two attached hydrogens (primary N) is 1. The molecule has 0 aromatic heterocycles. The zero-order valence-corrected chi connectivity index (χ0v) is 11.6. The quantitative estimate of drug-likeness (QED) is 0.585. The van der Waals surface area contributed by atoms with Crippen LogP contribution in [0, 0.1) is 0 Å². The highest BCUT2D eigenvalue weighted by molar-refractivity contribution is 5.94. The van der Waals surface area contributed by atoms with Gasteiger partial charge in [-0.05, 0) is 17.7 Å². The molecule has 1 aromatic rings. The van der Waals surface area contributed by atoms with E-state index in [1.54, 1.807) is 25.3 Å². The number of amides is 2. The third kappa shape index (κ3) is 5.81. The third-order valence-electron chi connectivity index (χ3n) is 2.69. The van der Waals surface area contributed by atoms with Gasteiger partial charge in [-0.15, -0.1) is 0 Å². The largest absolute Gasteiger partial charge is 0.383 e. The number of carbonyl (C=O) groups excluding carboxylic acids is 2. The second kappa shape index (κ2) is 9.06. The summed E-state index contributed by atoms with van der Waals surface area (Å²) in [6.45, 7) is 1.64. The van der Waals surface area contributed by atoms with Gasteiger partial charge in [0.25, 0.3) is 5.91 Å². The van der Waals surface area contributed by atoms with Gasteiger partial charge in [-0.2, -0.15) is 0 Å². The molecule has 6 nitrogen and oxygen atoms in total. The second-order valence-corrected chi connectivity index (χ2v) is 4.25. The molecule has 20 heavy (non-hydrogen) atoms. The van der Waals surface area contributed by atoms with Gasteiger partial charge >= 0.3 is 0 Å². The summed E-state index contributed by atoms with van der Waals surface area (Å²) < 4.78 is 4.82. The van der Waals surface area contributed by atoms with Crippen LogP contribution in [-0.2, 0) is 16.1 Å². The highest BCUT2D eigenvalue weighted by atomic mass is 16.5. The van der Waals surface area contributed by atoms with E-state index in [0.717, 1.165) is 5.56 Å². The molecule has 0 saturated heterocycles. The lowest BCUT2D eigenvalue weighted by atomic mass is 10.1. The molecule has 0 aliphatic rings. The highest BCUT2D eigenvalue weighted by Crippen LogP contribution is 2.04. The molecule has 0 spiro atoms. The molecule has 0 radical (unpaired) electrons. The van der Waals surface area contributed by atoms with Crippen molar-refractivity contribution < 1.29 is 14.3 Å². The van der Waals surface area contributed by atoms with Gasteiger partial charge in [-0.1, -0.05) is 12.1 Å². The van der Waals surface area contributed by atoms with E-state index in [-0.39, 0.29) is 18.2 Å². The Morgan fingerprint density at radius 3 is 2.75 bits per heavy atom. The van der Waals surface area contributed by atoms with Gasteiger partial charge in [0.05, 0.1) is 6.61 Å². The highest BCUT2D eigenvalue weighted by Gasteiger charge is 2.06. The molecule has 0 aliphatic carbocycles. The number of benzene rings is 1. The molecule has 6 heteroatoms. The lowest BCUT2D eigenvalue weighted by molar-refractivity contribution is -0.121. The van der Waals surface area contributed by atoms with Gasteiger partial charge in [0, 0.05) is 38.7 Å². The van der Waals surface area contributed by atoms with E-state index in [2.05, 4.69) is 10.6 Å². The molecule has 0 aliphatic heterocycles. The fraction of sp³-hybridized carbons (Fsp3) is 0.429. The Morgan fingerprint density at radius 2 is 2.05 bits per heavy atom. The molecule has 0 bridgehead atoms. The van der Waals surface area contributed by atoms with Gasteiger partial charge in [0.15, 0.2) is 0 Å². The number of methoxy groups -OCH3 is 1. The maximum atomic E-state index is 11.9. The van der Waals surface area contributed by atoms with E-state index in [1.807, 2.05) is 6.07 Å². The SMILES string of the molecule is COCCNC(=O)CCNC(=O)c1cccc(CN)c1. The monoisotopic (exact) mass is 279 g/mol. The smallest absolute Gasteiger partial charge is 0.251 e. The maximum Gasteiger partial charge on any atom is 0.251 e. The van der Waals surface area contributed by atoms with Gasteiger partial charge in [-0.25, -0.2) is 0 Å². The van der Waals surface area contributed by atoms with Crippen molar-refractivity contribution in [2.24, 2.45) is 5.73 Å². The Labute approximate surface area is 118 Å². The van der Waals surface area contributed by atoms with E-state index in [9.17, 15) is 9.59 Å². The lowest BCUT2D eigenvalue weighted by Crippen LogP contribution is -2.32. The van der Waals surface area contributed by atoms with Crippen molar-refractivity contribution in [3.8, 4) is 0 Å². The fourth-order valence-corrected chi connectivity index (χ4v) is 1.61. The summed E-state index contributed by atoms with van der Waals surface area (Å²) in [4.78, 5) is 23.3. The lowest BCUT2D eigenvalue weighted by Gasteiger charge is -2.07. The van der Waals surface area contributed by atoms with Crippen molar-refractivity contribution in [3.05, 3.63) is 35.4 Å². The number of hydrogen-bond acceptors (Lipinski definition) is 4. The summed E-state index contributed by atoms with van der Waals surface area (Å²) in [5, 5.41) is 5.38. The normalized spacial score (nSPS) is 10.1. The van der Waals surface area contributed by atoms with Gasteiger partial charge in [0.2, 0.25) is 5.91 Å². The zero-order chi connectivity index (χ0) is 14.8. The van der Waals surface area contributed by atoms with E-state index >= 15 is 0 Å². The number of ether oxygens (including phenoxy) is 1. The van der Waals surface area contributed by atoms with E-state index in [4.69, 9.17) is 10.5 Å². The van der Waals surface area contributed by atoms with Crippen LogP contribution >= 0.6 is 0 Å². The first kappa shape index (κ1) is 16.1. The molecule has 0 saturated carbocycles. The van der Waals surface area contributed by atoms with Crippen molar-refractivity contribution in [3.63, 3.8) is 0 Å². The molecule has 0 unspecified atom stereocenters. The zero-order valence-electron chi connectivity index (χ0n) is 11.6. The summed E-state index contributed by atoms with van der Waals surface area (Å²) in [7, 11) is 1.57. The minimum atomic E-state index is -0.204. The molecule has 0 atom stereocenters. The molecule has 110 valence electrons.